The smallest absolute Gasteiger partial charge is 0.338 e. The Kier molecular flexibility index (Phi) is 8.39. The standard InChI is InChI=1S/C26H32N4O3S/c1-7-33-25(32)23-18(4)27-26(29-24(23)19-10-12-20(13-11-19)30(5)6)34-15-22(31)28-21-14-16(2)8-9-17(21)3/h8-14,24H,7,15H2,1-6H3,(H,27,29)(H,28,31)/t24-/m0/s1. The zero-order chi connectivity index (χ0) is 24.8. The number of nitrogens with zero attached hydrogens (tertiary/aromatic N) is 2. The van der Waals surface area contributed by atoms with Gasteiger partial charge in [0.25, 0.3) is 0 Å². The van der Waals surface area contributed by atoms with Gasteiger partial charge in [0.15, 0.2) is 5.17 Å². The Balaban J connectivity index is 1.79. The van der Waals surface area contributed by atoms with Gasteiger partial charge in [-0.05, 0) is 62.6 Å². The van der Waals surface area contributed by atoms with E-state index in [0.29, 0.717) is 16.4 Å². The van der Waals surface area contributed by atoms with Gasteiger partial charge in [-0.1, -0.05) is 36.0 Å². The molecule has 1 atom stereocenters. The first-order chi connectivity index (χ1) is 16.2. The van der Waals surface area contributed by atoms with Gasteiger partial charge in [0, 0.05) is 31.2 Å². The maximum absolute atomic E-state index is 12.7. The average Bonchev–Trinajstić information content (AvgIpc) is 2.80. The molecule has 0 saturated heterocycles. The lowest BCUT2D eigenvalue weighted by atomic mass is 9.96. The van der Waals surface area contributed by atoms with Crippen LogP contribution in [-0.4, -0.2) is 43.5 Å². The molecule has 2 aromatic rings. The number of benzene rings is 2. The van der Waals surface area contributed by atoms with Gasteiger partial charge in [-0.25, -0.2) is 9.79 Å². The summed E-state index contributed by atoms with van der Waals surface area (Å²) in [6, 6.07) is 13.4. The van der Waals surface area contributed by atoms with Crippen molar-refractivity contribution in [1.82, 2.24) is 5.32 Å². The molecule has 0 saturated carbocycles. The number of anilines is 2. The summed E-state index contributed by atoms with van der Waals surface area (Å²) in [5.41, 5.74) is 5.99. The molecule has 180 valence electrons. The SMILES string of the molecule is CCOC(=O)C1=C(C)NC(SCC(=O)Nc2cc(C)ccc2C)=N[C@H]1c1ccc(N(C)C)cc1. The molecule has 0 unspecified atom stereocenters. The summed E-state index contributed by atoms with van der Waals surface area (Å²) in [5.74, 6) is -0.324. The van der Waals surface area contributed by atoms with E-state index in [1.54, 1.807) is 6.92 Å². The molecule has 0 aromatic heterocycles. The zero-order valence-electron chi connectivity index (χ0n) is 20.6. The number of amides is 1. The van der Waals surface area contributed by atoms with Gasteiger partial charge in [-0.3, -0.25) is 4.79 Å². The molecule has 0 spiro atoms. The second-order valence-electron chi connectivity index (χ2n) is 8.36. The van der Waals surface area contributed by atoms with Crippen LogP contribution in [0, 0.1) is 13.8 Å². The number of hydrogen-bond donors (Lipinski definition) is 2. The Morgan fingerprint density at radius 1 is 1.12 bits per heavy atom. The largest absolute Gasteiger partial charge is 0.463 e. The highest BCUT2D eigenvalue weighted by Gasteiger charge is 2.30. The highest BCUT2D eigenvalue weighted by atomic mass is 32.2. The van der Waals surface area contributed by atoms with Crippen molar-refractivity contribution in [3.63, 3.8) is 0 Å². The predicted molar refractivity (Wildman–Crippen MR) is 140 cm³/mol. The number of carbonyl (C=O) groups excluding carboxylic acids is 2. The van der Waals surface area contributed by atoms with E-state index in [9.17, 15) is 9.59 Å². The first-order valence-corrected chi connectivity index (χ1v) is 12.2. The number of rotatable bonds is 7. The number of ether oxygens (including phenoxy) is 1. The van der Waals surface area contributed by atoms with Gasteiger partial charge in [-0.15, -0.1) is 0 Å². The summed E-state index contributed by atoms with van der Waals surface area (Å²) in [5, 5.41) is 6.74. The molecule has 2 aromatic carbocycles. The lowest BCUT2D eigenvalue weighted by Gasteiger charge is -2.26. The third-order valence-electron chi connectivity index (χ3n) is 5.45. The fraction of sp³-hybridized carbons (Fsp3) is 0.346. The van der Waals surface area contributed by atoms with Gasteiger partial charge in [-0.2, -0.15) is 0 Å². The molecule has 0 radical (unpaired) electrons. The number of aliphatic imine (C=N–C) groups is 1. The van der Waals surface area contributed by atoms with Gasteiger partial charge in [0.1, 0.15) is 6.04 Å². The van der Waals surface area contributed by atoms with Crippen LogP contribution in [0.2, 0.25) is 0 Å². The Morgan fingerprint density at radius 3 is 2.47 bits per heavy atom. The molecule has 1 aliphatic rings. The van der Waals surface area contributed by atoms with Gasteiger partial charge in [0.2, 0.25) is 5.91 Å². The van der Waals surface area contributed by atoms with Crippen molar-refractivity contribution in [2.24, 2.45) is 4.99 Å². The third-order valence-corrected chi connectivity index (χ3v) is 6.33. The fourth-order valence-electron chi connectivity index (χ4n) is 3.58. The summed E-state index contributed by atoms with van der Waals surface area (Å²) in [6.07, 6.45) is 0. The van der Waals surface area contributed by atoms with Crippen LogP contribution < -0.4 is 15.5 Å². The second kappa shape index (κ2) is 11.2. The van der Waals surface area contributed by atoms with Crippen LogP contribution in [-0.2, 0) is 14.3 Å². The monoisotopic (exact) mass is 480 g/mol. The van der Waals surface area contributed by atoms with Crippen molar-refractivity contribution in [3.8, 4) is 0 Å². The van der Waals surface area contributed by atoms with Crippen LogP contribution >= 0.6 is 11.8 Å². The molecular weight excluding hydrogens is 448 g/mol. The van der Waals surface area contributed by atoms with E-state index < -0.39 is 12.0 Å². The molecule has 7 nitrogen and oxygen atoms in total. The minimum atomic E-state index is -0.513. The van der Waals surface area contributed by atoms with E-state index in [-0.39, 0.29) is 18.3 Å². The minimum Gasteiger partial charge on any atom is -0.463 e. The van der Waals surface area contributed by atoms with Crippen molar-refractivity contribution in [1.29, 1.82) is 0 Å². The lowest BCUT2D eigenvalue weighted by Crippen LogP contribution is -2.31. The van der Waals surface area contributed by atoms with Crippen LogP contribution in [0.4, 0.5) is 11.4 Å². The minimum absolute atomic E-state index is 0.118. The third kappa shape index (κ3) is 6.20. The van der Waals surface area contributed by atoms with Crippen LogP contribution in [0.3, 0.4) is 0 Å². The number of amidine groups is 1. The molecule has 1 heterocycles. The number of allylic oxidation sites excluding steroid dienone is 1. The molecule has 34 heavy (non-hydrogen) atoms. The highest BCUT2D eigenvalue weighted by molar-refractivity contribution is 8.14. The van der Waals surface area contributed by atoms with E-state index in [0.717, 1.165) is 28.1 Å². The topological polar surface area (TPSA) is 83.0 Å². The van der Waals surface area contributed by atoms with E-state index in [4.69, 9.17) is 9.73 Å². The number of hydrogen-bond acceptors (Lipinski definition) is 7. The van der Waals surface area contributed by atoms with Crippen LogP contribution in [0.15, 0.2) is 58.7 Å². The molecular formula is C26H32N4O3S. The van der Waals surface area contributed by atoms with Crippen LogP contribution in [0.25, 0.3) is 0 Å². The molecule has 8 heteroatoms. The molecule has 0 aliphatic carbocycles. The fourth-order valence-corrected chi connectivity index (χ4v) is 4.33. The second-order valence-corrected chi connectivity index (χ2v) is 9.33. The number of thioether (sulfide) groups is 1. The van der Waals surface area contributed by atoms with Crippen molar-refractivity contribution in [2.75, 3.05) is 36.7 Å². The Bertz CT molecular complexity index is 1120. The average molecular weight is 481 g/mol. The molecule has 0 fully saturated rings. The van der Waals surface area contributed by atoms with E-state index in [2.05, 4.69) is 10.6 Å². The molecule has 0 bridgehead atoms. The van der Waals surface area contributed by atoms with Crippen LogP contribution in [0.5, 0.6) is 0 Å². The first kappa shape index (κ1) is 25.4. The maximum atomic E-state index is 12.7. The predicted octanol–water partition coefficient (Wildman–Crippen LogP) is 4.58. The van der Waals surface area contributed by atoms with E-state index >= 15 is 0 Å². The van der Waals surface area contributed by atoms with E-state index in [1.165, 1.54) is 11.8 Å². The number of carbonyl (C=O) groups is 2. The quantitative estimate of drug-likeness (QED) is 0.565. The van der Waals surface area contributed by atoms with Gasteiger partial charge >= 0.3 is 5.97 Å². The molecule has 1 amide bonds. The summed E-state index contributed by atoms with van der Waals surface area (Å²) >= 11 is 1.30. The molecule has 1 aliphatic heterocycles. The zero-order valence-corrected chi connectivity index (χ0v) is 21.4. The number of nitrogens with one attached hydrogen (secondary N) is 2. The molecule has 3 rings (SSSR count). The van der Waals surface area contributed by atoms with Crippen molar-refractivity contribution < 1.29 is 14.3 Å². The summed E-state index contributed by atoms with van der Waals surface area (Å²) in [4.78, 5) is 32.1. The summed E-state index contributed by atoms with van der Waals surface area (Å²) in [6.45, 7) is 7.85. The van der Waals surface area contributed by atoms with Gasteiger partial charge in [0.05, 0.1) is 17.9 Å². The Hall–Kier alpha value is -3.26. The van der Waals surface area contributed by atoms with Crippen molar-refractivity contribution in [2.45, 2.75) is 33.7 Å². The Morgan fingerprint density at radius 2 is 1.82 bits per heavy atom. The summed E-state index contributed by atoms with van der Waals surface area (Å²) in [7, 11) is 3.95. The summed E-state index contributed by atoms with van der Waals surface area (Å²) < 4.78 is 5.30. The highest BCUT2D eigenvalue weighted by Crippen LogP contribution is 2.33. The van der Waals surface area contributed by atoms with Crippen LogP contribution in [0.1, 0.15) is 36.6 Å². The number of esters is 1. The Labute approximate surface area is 205 Å². The lowest BCUT2D eigenvalue weighted by molar-refractivity contribution is -0.139. The van der Waals surface area contributed by atoms with Crippen molar-refractivity contribution in [3.05, 3.63) is 70.4 Å². The van der Waals surface area contributed by atoms with E-state index in [1.807, 2.05) is 82.2 Å². The molecule has 2 N–H and O–H groups in total. The van der Waals surface area contributed by atoms with Gasteiger partial charge < -0.3 is 20.3 Å². The number of aryl methyl sites for hydroxylation is 2. The first-order valence-electron chi connectivity index (χ1n) is 11.2. The van der Waals surface area contributed by atoms with Crippen molar-refractivity contribution >= 4 is 40.2 Å². The normalized spacial score (nSPS) is 15.4. The maximum Gasteiger partial charge on any atom is 0.338 e.